The number of aromatic amines is 1. The van der Waals surface area contributed by atoms with Crippen molar-refractivity contribution in [2.75, 3.05) is 38.8 Å². The van der Waals surface area contributed by atoms with E-state index in [1.165, 1.54) is 5.56 Å². The van der Waals surface area contributed by atoms with Gasteiger partial charge >= 0.3 is 0 Å². The lowest BCUT2D eigenvalue weighted by Crippen LogP contribution is -2.40. The minimum Gasteiger partial charge on any atom is -0.377 e. The van der Waals surface area contributed by atoms with E-state index in [1.807, 2.05) is 38.5 Å². The van der Waals surface area contributed by atoms with Crippen LogP contribution in [-0.2, 0) is 4.74 Å². The summed E-state index contributed by atoms with van der Waals surface area (Å²) in [6, 6.07) is 19.1. The van der Waals surface area contributed by atoms with Crippen molar-refractivity contribution >= 4 is 39.8 Å². The van der Waals surface area contributed by atoms with Crippen molar-refractivity contribution < 1.29 is 4.74 Å². The molecule has 0 radical (unpaired) electrons. The fraction of sp³-hybridized carbons (Fsp3) is 0.219. The second-order valence-corrected chi connectivity index (χ2v) is 9.80. The van der Waals surface area contributed by atoms with Crippen molar-refractivity contribution in [3.05, 3.63) is 108 Å². The number of rotatable bonds is 5. The van der Waals surface area contributed by atoms with Crippen LogP contribution in [0, 0.1) is 0 Å². The van der Waals surface area contributed by atoms with Crippen LogP contribution in [0.25, 0.3) is 27.7 Å². The zero-order chi connectivity index (χ0) is 26.9. The maximum Gasteiger partial charge on any atom is 0.163 e. The predicted octanol–water partition coefficient (Wildman–Crippen LogP) is 5.95. The Morgan fingerprint density at radius 3 is 2.79 bits per heavy atom. The first-order valence-electron chi connectivity index (χ1n) is 13.2. The van der Waals surface area contributed by atoms with E-state index in [4.69, 9.17) is 14.7 Å². The van der Waals surface area contributed by atoms with Crippen molar-refractivity contribution in [2.24, 2.45) is 4.99 Å². The predicted molar refractivity (Wildman–Crippen MR) is 160 cm³/mol. The molecule has 2 aromatic heterocycles. The lowest BCUT2D eigenvalue weighted by Gasteiger charge is -2.37. The van der Waals surface area contributed by atoms with E-state index in [2.05, 4.69) is 81.1 Å². The largest absolute Gasteiger partial charge is 0.377 e. The van der Waals surface area contributed by atoms with Crippen LogP contribution in [0.4, 0.5) is 5.82 Å². The third kappa shape index (κ3) is 4.45. The lowest BCUT2D eigenvalue weighted by atomic mass is 9.94. The average Bonchev–Trinajstić information content (AvgIpc) is 3.48. The van der Waals surface area contributed by atoms with Crippen molar-refractivity contribution in [2.45, 2.75) is 13.0 Å². The highest BCUT2D eigenvalue weighted by Gasteiger charge is 2.29. The van der Waals surface area contributed by atoms with E-state index in [9.17, 15) is 0 Å². The maximum atomic E-state index is 5.96. The number of nitrogens with one attached hydrogen (secondary N) is 1. The molecular formula is C32H32N6O. The molecule has 2 aliphatic heterocycles. The van der Waals surface area contributed by atoms with Crippen molar-refractivity contribution in [1.29, 1.82) is 0 Å². The number of anilines is 1. The smallest absolute Gasteiger partial charge is 0.163 e. The summed E-state index contributed by atoms with van der Waals surface area (Å²) < 4.78 is 5.96. The van der Waals surface area contributed by atoms with Crippen molar-refractivity contribution in [1.82, 2.24) is 19.9 Å². The third-order valence-electron chi connectivity index (χ3n) is 7.48. The fourth-order valence-corrected chi connectivity index (χ4v) is 5.42. The van der Waals surface area contributed by atoms with E-state index in [0.29, 0.717) is 19.0 Å². The van der Waals surface area contributed by atoms with Gasteiger partial charge in [-0.25, -0.2) is 9.97 Å². The highest BCUT2D eigenvalue weighted by Crippen LogP contribution is 2.39. The highest BCUT2D eigenvalue weighted by molar-refractivity contribution is 6.09. The van der Waals surface area contributed by atoms with Gasteiger partial charge in [0.1, 0.15) is 5.82 Å². The zero-order valence-corrected chi connectivity index (χ0v) is 22.6. The first kappa shape index (κ1) is 24.8. The second kappa shape index (κ2) is 10.3. The van der Waals surface area contributed by atoms with E-state index in [-0.39, 0.29) is 6.04 Å². The number of hydrogen-bond acceptors (Lipinski definition) is 6. The maximum absolute atomic E-state index is 5.96. The van der Waals surface area contributed by atoms with E-state index >= 15 is 0 Å². The summed E-state index contributed by atoms with van der Waals surface area (Å²) in [6.45, 7) is 8.21. The Labute approximate surface area is 228 Å². The second-order valence-electron chi connectivity index (χ2n) is 9.80. The molecule has 7 heteroatoms. The number of benzene rings is 2. The molecule has 4 aromatic rings. The number of nitrogens with zero attached hydrogens (tertiary/aromatic N) is 5. The quantitative estimate of drug-likeness (QED) is 0.332. The van der Waals surface area contributed by atoms with Crippen LogP contribution in [-0.4, -0.2) is 59.9 Å². The normalized spacial score (nSPS) is 18.1. The molecule has 0 saturated carbocycles. The number of ether oxygens (including phenoxy) is 1. The molecule has 7 nitrogen and oxygen atoms in total. The van der Waals surface area contributed by atoms with E-state index in [0.717, 1.165) is 56.9 Å². The molecule has 2 aromatic carbocycles. The van der Waals surface area contributed by atoms with Gasteiger partial charge in [-0.05, 0) is 36.2 Å². The standard InChI is InChI=1S/C32H32N6O/c1-5-22(18-33-3)31-35-28-12-11-24(27-19-37(4)21(2)30-25(27)13-14-34-30)17-26(28)32(36-31)38-15-16-39-20-29(38)23-9-7-6-8-10-23/h5-14,17-19,29,34H,2,15-16,20H2,1,3-4H3/b22-5+,33-18?. The molecule has 1 fully saturated rings. The summed E-state index contributed by atoms with van der Waals surface area (Å²) in [5.41, 5.74) is 8.35. The Bertz CT molecular complexity index is 1630. The number of aromatic nitrogens is 3. The van der Waals surface area contributed by atoms with Gasteiger partial charge in [0, 0.05) is 61.3 Å². The molecule has 0 bridgehead atoms. The summed E-state index contributed by atoms with van der Waals surface area (Å²) in [5, 5.41) is 1.01. The molecule has 2 aliphatic rings. The van der Waals surface area contributed by atoms with Crippen molar-refractivity contribution in [3.8, 4) is 0 Å². The van der Waals surface area contributed by atoms with Gasteiger partial charge < -0.3 is 19.5 Å². The summed E-state index contributed by atoms with van der Waals surface area (Å²) >= 11 is 0. The molecule has 1 atom stereocenters. The number of H-pyrrole nitrogens is 1. The monoisotopic (exact) mass is 516 g/mol. The van der Waals surface area contributed by atoms with Gasteiger partial charge in [0.25, 0.3) is 0 Å². The number of morpholine rings is 1. The topological polar surface area (TPSA) is 69.6 Å². The summed E-state index contributed by atoms with van der Waals surface area (Å²) in [5.74, 6) is 1.57. The molecule has 4 heterocycles. The average molecular weight is 517 g/mol. The molecule has 0 aliphatic carbocycles. The molecule has 1 unspecified atom stereocenters. The third-order valence-corrected chi connectivity index (χ3v) is 7.48. The molecule has 0 spiro atoms. The fourth-order valence-electron chi connectivity index (χ4n) is 5.42. The molecule has 0 amide bonds. The molecule has 1 saturated heterocycles. The first-order valence-corrected chi connectivity index (χ1v) is 13.2. The van der Waals surface area contributed by atoms with Gasteiger partial charge in [-0.2, -0.15) is 0 Å². The van der Waals surface area contributed by atoms with Crippen LogP contribution in [0.1, 0.15) is 41.2 Å². The Balaban J connectivity index is 1.56. The molecular weight excluding hydrogens is 484 g/mol. The first-order chi connectivity index (χ1) is 19.1. The summed E-state index contributed by atoms with van der Waals surface area (Å²) in [7, 11) is 3.80. The Kier molecular flexibility index (Phi) is 6.59. The number of aliphatic imine (C=N–C) groups is 1. The van der Waals surface area contributed by atoms with E-state index in [1.54, 1.807) is 7.05 Å². The molecule has 1 N–H and O–H groups in total. The van der Waals surface area contributed by atoms with Gasteiger partial charge in [-0.3, -0.25) is 4.99 Å². The molecule has 39 heavy (non-hydrogen) atoms. The van der Waals surface area contributed by atoms with E-state index < -0.39 is 0 Å². The molecule has 196 valence electrons. The minimum atomic E-state index is 0.0445. The SMILES string of the molecule is C=C1c2[nH]ccc2C(c2ccc3nc(/C(C=NC)=C/C)nc(N4CCOCC4c4ccccc4)c3c2)=CN1C. The van der Waals surface area contributed by atoms with Crippen LogP contribution in [0.3, 0.4) is 0 Å². The minimum absolute atomic E-state index is 0.0445. The number of allylic oxidation sites excluding steroid dienone is 2. The van der Waals surface area contributed by atoms with Gasteiger partial charge in [0.2, 0.25) is 0 Å². The van der Waals surface area contributed by atoms with Gasteiger partial charge in [-0.15, -0.1) is 0 Å². The zero-order valence-electron chi connectivity index (χ0n) is 22.6. The number of hydrogen-bond donors (Lipinski definition) is 1. The summed E-state index contributed by atoms with van der Waals surface area (Å²) in [4.78, 5) is 22.2. The lowest BCUT2D eigenvalue weighted by molar-refractivity contribution is 0.0939. The van der Waals surface area contributed by atoms with Crippen LogP contribution in [0.2, 0.25) is 0 Å². The van der Waals surface area contributed by atoms with Crippen LogP contribution < -0.4 is 4.90 Å². The molecule has 6 rings (SSSR count). The van der Waals surface area contributed by atoms with Gasteiger partial charge in [-0.1, -0.05) is 49.1 Å². The summed E-state index contributed by atoms with van der Waals surface area (Å²) in [6.07, 6.45) is 7.93. The Morgan fingerprint density at radius 1 is 1.15 bits per heavy atom. The highest BCUT2D eigenvalue weighted by atomic mass is 16.5. The Hall–Kier alpha value is -4.49. The van der Waals surface area contributed by atoms with Crippen LogP contribution in [0.15, 0.2) is 84.6 Å². The Morgan fingerprint density at radius 2 is 2.00 bits per heavy atom. The van der Waals surface area contributed by atoms with Crippen LogP contribution >= 0.6 is 0 Å². The van der Waals surface area contributed by atoms with Crippen LogP contribution in [0.5, 0.6) is 0 Å². The van der Waals surface area contributed by atoms with Crippen molar-refractivity contribution in [3.63, 3.8) is 0 Å². The van der Waals surface area contributed by atoms with Gasteiger partial charge in [0.15, 0.2) is 5.82 Å². The number of fused-ring (bicyclic) bond motifs is 2. The van der Waals surface area contributed by atoms with Gasteiger partial charge in [0.05, 0.1) is 36.2 Å².